The second-order valence-electron chi connectivity index (χ2n) is 10.0. The van der Waals surface area contributed by atoms with Crippen molar-refractivity contribution in [2.24, 2.45) is 0 Å². The monoisotopic (exact) mass is 642 g/mol. The molecule has 0 aliphatic carbocycles. The van der Waals surface area contributed by atoms with Gasteiger partial charge in [-0.2, -0.15) is 0 Å². The molecular formula is C34H35ClN6O5. The van der Waals surface area contributed by atoms with Crippen LogP contribution in [0.1, 0.15) is 44.7 Å². The van der Waals surface area contributed by atoms with Gasteiger partial charge in [0.1, 0.15) is 0 Å². The fourth-order valence-corrected chi connectivity index (χ4v) is 4.39. The van der Waals surface area contributed by atoms with Crippen molar-refractivity contribution in [3.05, 3.63) is 119 Å². The number of nitrogen functional groups attached to an aromatic ring is 1. The minimum absolute atomic E-state index is 0.0714. The molecule has 46 heavy (non-hydrogen) atoms. The van der Waals surface area contributed by atoms with E-state index >= 15 is 0 Å². The van der Waals surface area contributed by atoms with Crippen LogP contribution in [0.3, 0.4) is 0 Å². The van der Waals surface area contributed by atoms with Crippen LogP contribution in [0.25, 0.3) is 22.1 Å². The Morgan fingerprint density at radius 1 is 0.761 bits per heavy atom. The van der Waals surface area contributed by atoms with Crippen molar-refractivity contribution in [1.29, 1.82) is 0 Å². The van der Waals surface area contributed by atoms with E-state index in [1.807, 2.05) is 48.5 Å². The van der Waals surface area contributed by atoms with Crippen molar-refractivity contribution >= 4 is 56.7 Å². The zero-order chi connectivity index (χ0) is 32.7. The van der Waals surface area contributed by atoms with Crippen molar-refractivity contribution in [3.63, 3.8) is 0 Å². The highest BCUT2D eigenvalue weighted by atomic mass is 35.5. The van der Waals surface area contributed by atoms with Gasteiger partial charge >= 0.3 is 0 Å². The zero-order valence-electron chi connectivity index (χ0n) is 24.9. The number of anilines is 2. The van der Waals surface area contributed by atoms with Crippen LogP contribution in [0.2, 0.25) is 0 Å². The van der Waals surface area contributed by atoms with Crippen molar-refractivity contribution < 1.29 is 24.5 Å². The second-order valence-corrected chi connectivity index (χ2v) is 10.3. The standard InChI is InChI=1S/C15H13N3O2.C8H7ClO2.C7H7N3.C4H8O/c19-9-10-4-3-5-11(8-10)14(20)18-15-16-12-6-1-2-7-13(12)17-15;9-8(11)7-3-1-2-6(4-7)5-10;8-7-9-5-3-1-2-4-6(5)10-7;1-2-4-5-3-1/h1-8,19H,9H2,(H2,16,17,18,20);1-4,10H,5H2;1-4H,(H3,8,9,10);1-4H2. The average Bonchev–Trinajstić information content (AvgIpc) is 3.87. The van der Waals surface area contributed by atoms with Crippen LogP contribution < -0.4 is 11.1 Å². The highest BCUT2D eigenvalue weighted by Gasteiger charge is 2.09. The maximum Gasteiger partial charge on any atom is 0.257 e. The predicted molar refractivity (Wildman–Crippen MR) is 180 cm³/mol. The lowest BCUT2D eigenvalue weighted by molar-refractivity contribution is 0.102. The Labute approximate surface area is 270 Å². The smallest absolute Gasteiger partial charge is 0.257 e. The number of benzene rings is 4. The van der Waals surface area contributed by atoms with E-state index in [0.29, 0.717) is 34.2 Å². The summed E-state index contributed by atoms with van der Waals surface area (Å²) < 4.78 is 4.94. The number of nitrogens with one attached hydrogen (secondary N) is 3. The lowest BCUT2D eigenvalue weighted by Gasteiger charge is -2.03. The van der Waals surface area contributed by atoms with Crippen LogP contribution in [0, 0.1) is 0 Å². The number of amides is 1. The molecule has 11 nitrogen and oxygen atoms in total. The molecule has 1 amide bonds. The molecule has 6 aromatic rings. The van der Waals surface area contributed by atoms with E-state index in [9.17, 15) is 9.59 Å². The number of nitrogens with two attached hydrogens (primary N) is 1. The van der Waals surface area contributed by atoms with Gasteiger partial charge in [-0.15, -0.1) is 0 Å². The van der Waals surface area contributed by atoms with Crippen LogP contribution in [-0.2, 0) is 18.0 Å². The van der Waals surface area contributed by atoms with Gasteiger partial charge < -0.3 is 30.7 Å². The van der Waals surface area contributed by atoms with Gasteiger partial charge in [-0.3, -0.25) is 14.9 Å². The maximum atomic E-state index is 12.1. The average molecular weight is 643 g/mol. The number of rotatable bonds is 5. The summed E-state index contributed by atoms with van der Waals surface area (Å²) >= 11 is 5.21. The normalized spacial score (nSPS) is 11.8. The van der Waals surface area contributed by atoms with Gasteiger partial charge in [0.2, 0.25) is 5.95 Å². The molecule has 238 valence electrons. The Kier molecular flexibility index (Phi) is 12.8. The van der Waals surface area contributed by atoms with E-state index < -0.39 is 5.24 Å². The highest BCUT2D eigenvalue weighted by molar-refractivity contribution is 6.67. The van der Waals surface area contributed by atoms with Crippen LogP contribution in [0.15, 0.2) is 97.1 Å². The van der Waals surface area contributed by atoms with Gasteiger partial charge in [-0.25, -0.2) is 9.97 Å². The lowest BCUT2D eigenvalue weighted by atomic mass is 10.1. The van der Waals surface area contributed by atoms with E-state index in [-0.39, 0.29) is 19.1 Å². The largest absolute Gasteiger partial charge is 0.392 e. The molecular weight excluding hydrogens is 608 g/mol. The molecule has 4 aromatic carbocycles. The van der Waals surface area contributed by atoms with E-state index in [1.165, 1.54) is 12.8 Å². The summed E-state index contributed by atoms with van der Waals surface area (Å²) in [6.07, 6.45) is 2.56. The number of carbonyl (C=O) groups is 2. The third kappa shape index (κ3) is 10.2. The topological polar surface area (TPSA) is 179 Å². The summed E-state index contributed by atoms with van der Waals surface area (Å²) in [7, 11) is 0. The van der Waals surface area contributed by atoms with Crippen LogP contribution in [-0.4, -0.2) is 54.5 Å². The first kappa shape index (κ1) is 33.8. The van der Waals surface area contributed by atoms with Crippen molar-refractivity contribution in [1.82, 2.24) is 19.9 Å². The van der Waals surface area contributed by atoms with Gasteiger partial charge in [0, 0.05) is 24.3 Å². The third-order valence-corrected chi connectivity index (χ3v) is 6.78. The molecule has 1 fully saturated rings. The molecule has 0 spiro atoms. The summed E-state index contributed by atoms with van der Waals surface area (Å²) in [5.41, 5.74) is 11.3. The number of aliphatic hydroxyl groups excluding tert-OH is 2. The summed E-state index contributed by atoms with van der Waals surface area (Å²) in [6.45, 7) is 1.84. The molecule has 3 heterocycles. The fraction of sp³-hybridized carbons (Fsp3) is 0.176. The summed E-state index contributed by atoms with van der Waals surface area (Å²) in [4.78, 5) is 37.0. The van der Waals surface area contributed by atoms with Crippen LogP contribution in [0.5, 0.6) is 0 Å². The van der Waals surface area contributed by atoms with Crippen molar-refractivity contribution in [3.8, 4) is 0 Å². The lowest BCUT2D eigenvalue weighted by Crippen LogP contribution is -2.13. The molecule has 7 rings (SSSR count). The first-order valence-corrected chi connectivity index (χ1v) is 14.9. The zero-order valence-corrected chi connectivity index (χ0v) is 25.7. The van der Waals surface area contributed by atoms with Gasteiger partial charge in [-0.05, 0) is 78.0 Å². The number of imidazole rings is 2. The van der Waals surface area contributed by atoms with Crippen molar-refractivity contribution in [2.75, 3.05) is 24.3 Å². The van der Waals surface area contributed by atoms with E-state index in [2.05, 4.69) is 25.3 Å². The van der Waals surface area contributed by atoms with Crippen LogP contribution >= 0.6 is 11.6 Å². The molecule has 1 aliphatic rings. The minimum Gasteiger partial charge on any atom is -0.392 e. The first-order valence-electron chi connectivity index (χ1n) is 14.5. The van der Waals surface area contributed by atoms with Gasteiger partial charge in [-0.1, -0.05) is 54.6 Å². The molecule has 7 N–H and O–H groups in total. The number of nitrogens with zero attached hydrogens (tertiary/aromatic N) is 2. The molecule has 0 atom stereocenters. The molecule has 1 saturated heterocycles. The molecule has 1 aliphatic heterocycles. The van der Waals surface area contributed by atoms with Crippen LogP contribution in [0.4, 0.5) is 11.9 Å². The first-order chi connectivity index (χ1) is 22.4. The Morgan fingerprint density at radius 3 is 1.83 bits per heavy atom. The second kappa shape index (κ2) is 17.4. The Balaban J connectivity index is 0.000000156. The summed E-state index contributed by atoms with van der Waals surface area (Å²) in [6, 6.07) is 28.7. The maximum absolute atomic E-state index is 12.1. The molecule has 0 unspecified atom stereocenters. The Hall–Kier alpha value is -5.07. The number of aliphatic hydroxyl groups is 2. The number of aromatic nitrogens is 4. The number of halogens is 1. The summed E-state index contributed by atoms with van der Waals surface area (Å²) in [5, 5.41) is 20.0. The number of H-pyrrole nitrogens is 2. The van der Waals surface area contributed by atoms with Gasteiger partial charge in [0.05, 0.1) is 35.3 Å². The number of ether oxygens (including phenoxy) is 1. The third-order valence-electron chi connectivity index (χ3n) is 6.56. The highest BCUT2D eigenvalue weighted by Crippen LogP contribution is 2.15. The number of hydrogen-bond donors (Lipinski definition) is 6. The predicted octanol–water partition coefficient (Wildman–Crippen LogP) is 5.81. The van der Waals surface area contributed by atoms with Crippen molar-refractivity contribution in [2.45, 2.75) is 26.1 Å². The summed E-state index contributed by atoms with van der Waals surface area (Å²) in [5.74, 6) is 0.617. The SMILES string of the molecule is C1CCOC1.Nc1nc2ccccc2[nH]1.O=C(Cl)c1cccc(CO)c1.O=C(Nc1nc2ccccc2[nH]1)c1cccc(CO)c1. The van der Waals surface area contributed by atoms with Gasteiger partial charge in [0.25, 0.3) is 11.1 Å². The number of aromatic amines is 2. The number of carbonyl (C=O) groups excluding carboxylic acids is 2. The quantitative estimate of drug-likeness (QED) is 0.128. The van der Waals surface area contributed by atoms with E-state index in [0.717, 1.165) is 35.3 Å². The Morgan fingerprint density at radius 2 is 1.30 bits per heavy atom. The number of hydrogen-bond acceptors (Lipinski definition) is 8. The molecule has 0 saturated carbocycles. The minimum atomic E-state index is -0.500. The molecule has 2 aromatic heterocycles. The number of fused-ring (bicyclic) bond motifs is 2. The molecule has 12 heteroatoms. The Bertz CT molecular complexity index is 1790. The van der Waals surface area contributed by atoms with Gasteiger partial charge in [0.15, 0.2) is 5.95 Å². The van der Waals surface area contributed by atoms with E-state index in [1.54, 1.807) is 48.5 Å². The fourth-order valence-electron chi connectivity index (χ4n) is 4.28. The molecule has 0 bridgehead atoms. The number of para-hydroxylation sites is 4. The molecule has 0 radical (unpaired) electrons. The van der Waals surface area contributed by atoms with E-state index in [4.69, 9.17) is 32.3 Å².